The van der Waals surface area contributed by atoms with E-state index in [1.54, 1.807) is 56.5 Å². The molecule has 0 saturated carbocycles. The molecular weight excluding hydrogens is 308 g/mol. The van der Waals surface area contributed by atoms with Gasteiger partial charge in [0, 0.05) is 28.9 Å². The van der Waals surface area contributed by atoms with Gasteiger partial charge in [0.25, 0.3) is 5.91 Å². The third kappa shape index (κ3) is 4.33. The molecule has 0 fully saturated rings. The van der Waals surface area contributed by atoms with E-state index in [-0.39, 0.29) is 18.4 Å². The highest BCUT2D eigenvalue weighted by molar-refractivity contribution is 6.05. The Hall–Kier alpha value is -2.86. The maximum atomic E-state index is 12.4. The van der Waals surface area contributed by atoms with Crippen LogP contribution in [-0.2, 0) is 11.4 Å². The molecule has 0 aliphatic rings. The van der Waals surface area contributed by atoms with Crippen LogP contribution in [0.25, 0.3) is 0 Å². The molecule has 2 amide bonds. The molecule has 0 aliphatic carbocycles. The number of benzene rings is 2. The summed E-state index contributed by atoms with van der Waals surface area (Å²) in [5.74, 6) is 0.207. The summed E-state index contributed by atoms with van der Waals surface area (Å²) >= 11 is 0. The standard InChI is InChI=1S/C18H20N2O4/c1-3-17(22)20-16-10-12(4-5-13(16)11-21)18(23)19-14-6-8-15(24-2)9-7-14/h4-10,21H,3,11H2,1-2H3,(H,19,23)(H,20,22). The predicted molar refractivity (Wildman–Crippen MR) is 92.2 cm³/mol. The van der Waals surface area contributed by atoms with Crippen LogP contribution in [0.1, 0.15) is 29.3 Å². The van der Waals surface area contributed by atoms with Crippen LogP contribution >= 0.6 is 0 Å². The van der Waals surface area contributed by atoms with Crippen molar-refractivity contribution in [2.75, 3.05) is 17.7 Å². The van der Waals surface area contributed by atoms with Gasteiger partial charge in [0.05, 0.1) is 13.7 Å². The number of anilines is 2. The minimum atomic E-state index is -0.309. The Morgan fingerprint density at radius 1 is 1.08 bits per heavy atom. The highest BCUT2D eigenvalue weighted by Gasteiger charge is 2.11. The maximum Gasteiger partial charge on any atom is 0.255 e. The summed E-state index contributed by atoms with van der Waals surface area (Å²) in [5, 5.41) is 14.8. The number of aliphatic hydroxyl groups excluding tert-OH is 1. The van der Waals surface area contributed by atoms with Gasteiger partial charge in [-0.05, 0) is 36.4 Å². The SMILES string of the molecule is CCC(=O)Nc1cc(C(=O)Nc2ccc(OC)cc2)ccc1CO. The Kier molecular flexibility index (Phi) is 5.92. The van der Waals surface area contributed by atoms with E-state index in [0.29, 0.717) is 34.7 Å². The number of rotatable bonds is 6. The lowest BCUT2D eigenvalue weighted by Crippen LogP contribution is -2.15. The summed E-state index contributed by atoms with van der Waals surface area (Å²) in [6.45, 7) is 1.51. The van der Waals surface area contributed by atoms with Crippen molar-refractivity contribution in [1.29, 1.82) is 0 Å². The fourth-order valence-electron chi connectivity index (χ4n) is 2.09. The molecular formula is C18H20N2O4. The van der Waals surface area contributed by atoms with Crippen molar-refractivity contribution >= 4 is 23.2 Å². The molecule has 3 N–H and O–H groups in total. The molecule has 0 saturated heterocycles. The highest BCUT2D eigenvalue weighted by Crippen LogP contribution is 2.20. The summed E-state index contributed by atoms with van der Waals surface area (Å²) in [6.07, 6.45) is 0.313. The van der Waals surface area contributed by atoms with Gasteiger partial charge in [-0.25, -0.2) is 0 Å². The second-order valence-corrected chi connectivity index (χ2v) is 5.11. The second-order valence-electron chi connectivity index (χ2n) is 5.11. The van der Waals surface area contributed by atoms with Gasteiger partial charge in [-0.3, -0.25) is 9.59 Å². The Morgan fingerprint density at radius 3 is 2.38 bits per heavy atom. The van der Waals surface area contributed by atoms with Crippen LogP contribution in [0.15, 0.2) is 42.5 Å². The molecule has 126 valence electrons. The quantitative estimate of drug-likeness (QED) is 0.761. The summed E-state index contributed by atoms with van der Waals surface area (Å²) in [6, 6.07) is 11.7. The van der Waals surface area contributed by atoms with Crippen molar-refractivity contribution in [3.05, 3.63) is 53.6 Å². The van der Waals surface area contributed by atoms with Gasteiger partial charge in [0.2, 0.25) is 5.91 Å². The van der Waals surface area contributed by atoms with Gasteiger partial charge >= 0.3 is 0 Å². The van der Waals surface area contributed by atoms with Crippen molar-refractivity contribution in [1.82, 2.24) is 0 Å². The fourth-order valence-corrected chi connectivity index (χ4v) is 2.09. The number of methoxy groups -OCH3 is 1. The van der Waals surface area contributed by atoms with Crippen molar-refractivity contribution in [2.24, 2.45) is 0 Å². The molecule has 0 spiro atoms. The van der Waals surface area contributed by atoms with Gasteiger partial charge in [-0.1, -0.05) is 13.0 Å². The first-order valence-corrected chi connectivity index (χ1v) is 7.56. The Morgan fingerprint density at radius 2 is 1.79 bits per heavy atom. The van der Waals surface area contributed by atoms with E-state index in [2.05, 4.69) is 10.6 Å². The molecule has 0 heterocycles. The van der Waals surface area contributed by atoms with Crippen molar-refractivity contribution in [2.45, 2.75) is 20.0 Å². The van der Waals surface area contributed by atoms with Crippen LogP contribution < -0.4 is 15.4 Å². The van der Waals surface area contributed by atoms with E-state index >= 15 is 0 Å². The van der Waals surface area contributed by atoms with Crippen LogP contribution in [0.4, 0.5) is 11.4 Å². The van der Waals surface area contributed by atoms with Crippen molar-refractivity contribution < 1.29 is 19.4 Å². The molecule has 6 nitrogen and oxygen atoms in total. The van der Waals surface area contributed by atoms with Gasteiger partial charge in [0.1, 0.15) is 5.75 Å². The third-order valence-electron chi connectivity index (χ3n) is 3.49. The predicted octanol–water partition coefficient (Wildman–Crippen LogP) is 2.79. The van der Waals surface area contributed by atoms with E-state index < -0.39 is 0 Å². The molecule has 0 radical (unpaired) electrons. The summed E-state index contributed by atoms with van der Waals surface area (Å²) < 4.78 is 5.07. The minimum absolute atomic E-state index is 0.183. The lowest BCUT2D eigenvalue weighted by Gasteiger charge is -2.12. The normalized spacial score (nSPS) is 10.1. The molecule has 24 heavy (non-hydrogen) atoms. The first kappa shape index (κ1) is 17.5. The number of aliphatic hydroxyl groups is 1. The molecule has 2 aromatic carbocycles. The molecule has 0 aliphatic heterocycles. The third-order valence-corrected chi connectivity index (χ3v) is 3.49. The fraction of sp³-hybridized carbons (Fsp3) is 0.222. The minimum Gasteiger partial charge on any atom is -0.497 e. The average Bonchev–Trinajstić information content (AvgIpc) is 2.62. The maximum absolute atomic E-state index is 12.4. The van der Waals surface area contributed by atoms with Crippen LogP contribution in [0.3, 0.4) is 0 Å². The highest BCUT2D eigenvalue weighted by atomic mass is 16.5. The van der Waals surface area contributed by atoms with E-state index in [4.69, 9.17) is 4.74 Å². The number of amides is 2. The zero-order valence-electron chi connectivity index (χ0n) is 13.6. The smallest absolute Gasteiger partial charge is 0.255 e. The van der Waals surface area contributed by atoms with Crippen LogP contribution in [0.5, 0.6) is 5.75 Å². The molecule has 2 aromatic rings. The molecule has 0 bridgehead atoms. The zero-order valence-corrected chi connectivity index (χ0v) is 13.6. The molecule has 0 unspecified atom stereocenters. The van der Waals surface area contributed by atoms with Crippen LogP contribution in [0, 0.1) is 0 Å². The monoisotopic (exact) mass is 328 g/mol. The molecule has 2 rings (SSSR count). The number of carbonyl (C=O) groups excluding carboxylic acids is 2. The number of nitrogens with one attached hydrogen (secondary N) is 2. The first-order chi connectivity index (χ1) is 11.6. The Bertz CT molecular complexity index is 726. The topological polar surface area (TPSA) is 87.7 Å². The van der Waals surface area contributed by atoms with Crippen LogP contribution in [0.2, 0.25) is 0 Å². The molecule has 0 atom stereocenters. The number of ether oxygens (including phenoxy) is 1. The van der Waals surface area contributed by atoms with Crippen LogP contribution in [-0.4, -0.2) is 24.0 Å². The Labute approximate surface area is 140 Å². The number of carbonyl (C=O) groups is 2. The van der Waals surface area contributed by atoms with E-state index in [1.807, 2.05) is 0 Å². The Balaban J connectivity index is 2.18. The summed E-state index contributed by atoms with van der Waals surface area (Å²) in [5.41, 5.74) is 2.00. The summed E-state index contributed by atoms with van der Waals surface area (Å²) in [7, 11) is 1.57. The lowest BCUT2D eigenvalue weighted by molar-refractivity contribution is -0.115. The van der Waals surface area contributed by atoms with E-state index in [9.17, 15) is 14.7 Å². The zero-order chi connectivity index (χ0) is 17.5. The van der Waals surface area contributed by atoms with E-state index in [0.717, 1.165) is 0 Å². The van der Waals surface area contributed by atoms with Gasteiger partial charge in [-0.15, -0.1) is 0 Å². The average molecular weight is 328 g/mol. The molecule has 6 heteroatoms. The number of hydrogen-bond donors (Lipinski definition) is 3. The first-order valence-electron chi connectivity index (χ1n) is 7.56. The van der Waals surface area contributed by atoms with Crippen molar-refractivity contribution in [3.63, 3.8) is 0 Å². The van der Waals surface area contributed by atoms with E-state index in [1.165, 1.54) is 0 Å². The molecule has 0 aromatic heterocycles. The second kappa shape index (κ2) is 8.12. The summed E-state index contributed by atoms with van der Waals surface area (Å²) in [4.78, 5) is 23.9. The van der Waals surface area contributed by atoms with Gasteiger partial charge in [-0.2, -0.15) is 0 Å². The van der Waals surface area contributed by atoms with Crippen molar-refractivity contribution in [3.8, 4) is 5.75 Å². The largest absolute Gasteiger partial charge is 0.497 e. The lowest BCUT2D eigenvalue weighted by atomic mass is 10.1. The van der Waals surface area contributed by atoms with Gasteiger partial charge < -0.3 is 20.5 Å². The van der Waals surface area contributed by atoms with Gasteiger partial charge in [0.15, 0.2) is 0 Å². The number of hydrogen-bond acceptors (Lipinski definition) is 4.